The maximum absolute atomic E-state index is 12.1. The number of fused-ring (bicyclic) bond motifs is 7. The van der Waals surface area contributed by atoms with E-state index in [9.17, 15) is 9.59 Å². The van der Waals surface area contributed by atoms with Crippen LogP contribution in [0.25, 0.3) is 0 Å². The van der Waals surface area contributed by atoms with Crippen molar-refractivity contribution in [1.82, 2.24) is 0 Å². The molecule has 8 unspecified atom stereocenters. The van der Waals surface area contributed by atoms with Crippen LogP contribution in [0, 0.1) is 35.5 Å². The molecule has 0 spiro atoms. The SMILES string of the molecule is COC(=O)C1C2CC(C1C(=O)OC)C1C2CC2OC21. The van der Waals surface area contributed by atoms with E-state index < -0.39 is 0 Å². The minimum Gasteiger partial charge on any atom is -0.469 e. The molecule has 5 nitrogen and oxygen atoms in total. The van der Waals surface area contributed by atoms with Gasteiger partial charge in [-0.3, -0.25) is 9.59 Å². The van der Waals surface area contributed by atoms with Gasteiger partial charge >= 0.3 is 11.9 Å². The Hall–Kier alpha value is -1.10. The van der Waals surface area contributed by atoms with Crippen LogP contribution in [0.5, 0.6) is 0 Å². The third kappa shape index (κ3) is 1.34. The summed E-state index contributed by atoms with van der Waals surface area (Å²) >= 11 is 0. The van der Waals surface area contributed by atoms with Crippen molar-refractivity contribution in [1.29, 1.82) is 0 Å². The second-order valence-corrected chi connectivity index (χ2v) is 6.28. The first-order valence-corrected chi connectivity index (χ1v) is 6.98. The predicted octanol–water partition coefficient (Wildman–Crippen LogP) is 0.618. The van der Waals surface area contributed by atoms with Gasteiger partial charge in [0.05, 0.1) is 38.3 Å². The lowest BCUT2D eigenvalue weighted by Gasteiger charge is -2.35. The maximum Gasteiger partial charge on any atom is 0.309 e. The van der Waals surface area contributed by atoms with Crippen molar-refractivity contribution in [3.8, 4) is 0 Å². The average molecular weight is 266 g/mol. The molecule has 4 rings (SSSR count). The second-order valence-electron chi connectivity index (χ2n) is 6.28. The highest BCUT2D eigenvalue weighted by molar-refractivity contribution is 5.84. The van der Waals surface area contributed by atoms with Crippen molar-refractivity contribution >= 4 is 11.9 Å². The van der Waals surface area contributed by atoms with Crippen molar-refractivity contribution in [3.63, 3.8) is 0 Å². The topological polar surface area (TPSA) is 65.1 Å². The number of carbonyl (C=O) groups excluding carboxylic acids is 2. The van der Waals surface area contributed by atoms with E-state index >= 15 is 0 Å². The van der Waals surface area contributed by atoms with Crippen LogP contribution in [-0.2, 0) is 23.8 Å². The fraction of sp³-hybridized carbons (Fsp3) is 0.857. The predicted molar refractivity (Wildman–Crippen MR) is 62.9 cm³/mol. The molecule has 3 saturated carbocycles. The zero-order chi connectivity index (χ0) is 13.3. The third-order valence-corrected chi connectivity index (χ3v) is 5.84. The minimum absolute atomic E-state index is 0.240. The maximum atomic E-state index is 12.1. The average Bonchev–Trinajstić information content (AvgIpc) is 2.81. The van der Waals surface area contributed by atoms with E-state index in [1.165, 1.54) is 14.2 Å². The van der Waals surface area contributed by atoms with Crippen LogP contribution in [0.15, 0.2) is 0 Å². The number of rotatable bonds is 2. The number of hydrogen-bond acceptors (Lipinski definition) is 5. The van der Waals surface area contributed by atoms with Gasteiger partial charge in [0.1, 0.15) is 0 Å². The van der Waals surface area contributed by atoms with Crippen molar-refractivity contribution in [2.45, 2.75) is 25.0 Å². The van der Waals surface area contributed by atoms with Crippen molar-refractivity contribution in [2.24, 2.45) is 35.5 Å². The van der Waals surface area contributed by atoms with Gasteiger partial charge in [0.15, 0.2) is 0 Å². The van der Waals surface area contributed by atoms with Crippen molar-refractivity contribution in [3.05, 3.63) is 0 Å². The first kappa shape index (κ1) is 11.7. The number of esters is 2. The van der Waals surface area contributed by atoms with Gasteiger partial charge in [0.25, 0.3) is 0 Å². The summed E-state index contributed by atoms with van der Waals surface area (Å²) in [5.74, 6) is 0.381. The van der Waals surface area contributed by atoms with Crippen LogP contribution in [0.1, 0.15) is 12.8 Å². The van der Waals surface area contributed by atoms with Gasteiger partial charge in [-0.25, -0.2) is 0 Å². The van der Waals surface area contributed by atoms with Gasteiger partial charge in [-0.15, -0.1) is 0 Å². The van der Waals surface area contributed by atoms with Crippen LogP contribution in [0.2, 0.25) is 0 Å². The standard InChI is InChI=1S/C14H18O5/c1-17-13(15)10-5-3-7(11(10)14(16)18-2)9-6(5)4-8-12(9)19-8/h5-12H,3-4H2,1-2H3. The molecule has 104 valence electrons. The van der Waals surface area contributed by atoms with Gasteiger partial charge in [-0.1, -0.05) is 0 Å². The summed E-state index contributed by atoms with van der Waals surface area (Å²) in [7, 11) is 2.79. The minimum atomic E-state index is -0.327. The molecular formula is C14H18O5. The smallest absolute Gasteiger partial charge is 0.309 e. The Morgan fingerprint density at radius 3 is 2.21 bits per heavy atom. The Morgan fingerprint density at radius 2 is 1.58 bits per heavy atom. The van der Waals surface area contributed by atoms with Crippen molar-refractivity contribution in [2.75, 3.05) is 14.2 Å². The fourth-order valence-corrected chi connectivity index (χ4v) is 5.27. The molecule has 3 aliphatic carbocycles. The summed E-state index contributed by atoms with van der Waals surface area (Å²) in [6.45, 7) is 0. The van der Waals surface area contributed by atoms with Crippen LogP contribution in [0.3, 0.4) is 0 Å². The largest absolute Gasteiger partial charge is 0.469 e. The van der Waals surface area contributed by atoms with Gasteiger partial charge in [-0.05, 0) is 36.5 Å². The van der Waals surface area contributed by atoms with Crippen LogP contribution in [0.4, 0.5) is 0 Å². The van der Waals surface area contributed by atoms with Crippen molar-refractivity contribution < 1.29 is 23.8 Å². The summed E-state index contributed by atoms with van der Waals surface area (Å²) in [4.78, 5) is 24.1. The fourth-order valence-electron chi connectivity index (χ4n) is 5.27. The molecule has 0 aromatic rings. The molecule has 19 heavy (non-hydrogen) atoms. The second kappa shape index (κ2) is 3.72. The summed E-state index contributed by atoms with van der Waals surface area (Å²) in [6.07, 6.45) is 2.72. The highest BCUT2D eigenvalue weighted by Gasteiger charge is 2.71. The number of ether oxygens (including phenoxy) is 3. The van der Waals surface area contributed by atoms with E-state index in [1.54, 1.807) is 0 Å². The molecule has 1 heterocycles. The molecule has 0 radical (unpaired) electrons. The third-order valence-electron chi connectivity index (χ3n) is 5.84. The molecule has 0 N–H and O–H groups in total. The first-order chi connectivity index (χ1) is 9.17. The number of carbonyl (C=O) groups is 2. The molecule has 0 aromatic carbocycles. The van der Waals surface area contributed by atoms with Crippen LogP contribution in [-0.4, -0.2) is 38.4 Å². The highest BCUT2D eigenvalue weighted by atomic mass is 16.6. The van der Waals surface area contributed by atoms with Crippen LogP contribution < -0.4 is 0 Å². The van der Waals surface area contributed by atoms with Gasteiger partial charge < -0.3 is 14.2 Å². The van der Waals surface area contributed by atoms with E-state index in [-0.39, 0.29) is 35.6 Å². The summed E-state index contributed by atoms with van der Waals surface area (Å²) in [5, 5.41) is 0. The molecule has 0 amide bonds. The van der Waals surface area contributed by atoms with E-state index in [2.05, 4.69) is 0 Å². The number of epoxide rings is 1. The summed E-state index contributed by atoms with van der Waals surface area (Å²) in [6, 6.07) is 0. The van der Waals surface area contributed by atoms with Gasteiger partial charge in [0, 0.05) is 0 Å². The molecule has 1 aliphatic heterocycles. The first-order valence-electron chi connectivity index (χ1n) is 6.98. The molecule has 8 atom stereocenters. The molecule has 0 aromatic heterocycles. The van der Waals surface area contributed by atoms with Gasteiger partial charge in [-0.2, -0.15) is 0 Å². The number of hydrogen-bond donors (Lipinski definition) is 0. The Kier molecular flexibility index (Phi) is 2.29. The summed E-state index contributed by atoms with van der Waals surface area (Å²) < 4.78 is 15.5. The molecule has 4 fully saturated rings. The molecular weight excluding hydrogens is 248 g/mol. The Morgan fingerprint density at radius 1 is 0.947 bits per heavy atom. The van der Waals surface area contributed by atoms with E-state index in [4.69, 9.17) is 14.2 Å². The highest BCUT2D eigenvalue weighted by Crippen LogP contribution is 2.67. The lowest BCUT2D eigenvalue weighted by molar-refractivity contribution is -0.163. The number of methoxy groups -OCH3 is 2. The van der Waals surface area contributed by atoms with Gasteiger partial charge in [0.2, 0.25) is 0 Å². The summed E-state index contributed by atoms with van der Waals surface area (Å²) in [5.41, 5.74) is 0. The quantitative estimate of drug-likeness (QED) is 0.541. The van der Waals surface area contributed by atoms with E-state index in [1.807, 2.05) is 0 Å². The van der Waals surface area contributed by atoms with E-state index in [0.717, 1.165) is 12.8 Å². The van der Waals surface area contributed by atoms with Crippen LogP contribution >= 0.6 is 0 Å². The lowest BCUT2D eigenvalue weighted by atomic mass is 9.69. The zero-order valence-corrected chi connectivity index (χ0v) is 11.1. The molecule has 2 bridgehead atoms. The Labute approximate surface area is 111 Å². The normalized spacial score (nSPS) is 52.5. The molecule has 1 saturated heterocycles. The Balaban J connectivity index is 1.68. The monoisotopic (exact) mass is 266 g/mol. The van der Waals surface area contributed by atoms with E-state index in [0.29, 0.717) is 24.0 Å². The zero-order valence-electron chi connectivity index (χ0n) is 11.1. The molecule has 5 heteroatoms. The lowest BCUT2D eigenvalue weighted by Crippen LogP contribution is -2.43. The molecule has 4 aliphatic rings. The Bertz CT molecular complexity index is 447.